The first-order chi connectivity index (χ1) is 9.10. The third-order valence-electron chi connectivity index (χ3n) is 3.43. The quantitative estimate of drug-likeness (QED) is 0.803. The van der Waals surface area contributed by atoms with E-state index in [1.165, 1.54) is 24.0 Å². The number of carbonyl (C=O) groups excluding carboxylic acids is 1. The molecule has 1 aliphatic rings. The summed E-state index contributed by atoms with van der Waals surface area (Å²) in [6, 6.07) is 2.06. The van der Waals surface area contributed by atoms with Crippen LogP contribution in [0.3, 0.4) is 0 Å². The largest absolute Gasteiger partial charge is 0.465 e. The van der Waals surface area contributed by atoms with Crippen LogP contribution in [0.5, 0.6) is 0 Å². The predicted octanol–water partition coefficient (Wildman–Crippen LogP) is 1.65. The Bertz CT molecular complexity index is 665. The van der Waals surface area contributed by atoms with Crippen LogP contribution in [0.2, 0.25) is 0 Å². The van der Waals surface area contributed by atoms with E-state index in [-0.39, 0.29) is 0 Å². The van der Waals surface area contributed by atoms with Crippen LogP contribution < -0.4 is 5.73 Å². The van der Waals surface area contributed by atoms with Crippen molar-refractivity contribution in [1.29, 1.82) is 0 Å². The second kappa shape index (κ2) is 4.47. The Kier molecular flexibility index (Phi) is 2.91. The van der Waals surface area contributed by atoms with E-state index in [2.05, 4.69) is 23.0 Å². The molecule has 0 saturated heterocycles. The van der Waals surface area contributed by atoms with Crippen molar-refractivity contribution in [2.24, 2.45) is 0 Å². The van der Waals surface area contributed by atoms with Gasteiger partial charge in [0.2, 0.25) is 0 Å². The Hall–Kier alpha value is -1.66. The van der Waals surface area contributed by atoms with Crippen LogP contribution in [0.15, 0.2) is 6.07 Å². The fourth-order valence-corrected chi connectivity index (χ4v) is 3.40. The first kappa shape index (κ1) is 12.4. The highest BCUT2D eigenvalue weighted by Gasteiger charge is 2.21. The van der Waals surface area contributed by atoms with Crippen LogP contribution in [0.4, 0.5) is 5.69 Å². The summed E-state index contributed by atoms with van der Waals surface area (Å²) in [6.45, 7) is 1.89. The fourth-order valence-electron chi connectivity index (χ4n) is 2.38. The van der Waals surface area contributed by atoms with Crippen molar-refractivity contribution in [3.8, 4) is 0 Å². The van der Waals surface area contributed by atoms with E-state index in [0.717, 1.165) is 35.4 Å². The highest BCUT2D eigenvalue weighted by atomic mass is 32.1. The number of pyridine rings is 1. The molecule has 0 bridgehead atoms. The van der Waals surface area contributed by atoms with Crippen molar-refractivity contribution in [3.05, 3.63) is 22.2 Å². The summed E-state index contributed by atoms with van der Waals surface area (Å²) >= 11 is 1.31. The second-order valence-corrected chi connectivity index (χ2v) is 5.77. The molecule has 2 aromatic rings. The van der Waals surface area contributed by atoms with Gasteiger partial charge in [0.25, 0.3) is 0 Å². The number of nitrogens with zero attached hydrogens (tertiary/aromatic N) is 2. The molecule has 1 aliphatic heterocycles. The first-order valence-electron chi connectivity index (χ1n) is 6.07. The Morgan fingerprint density at radius 3 is 3.11 bits per heavy atom. The van der Waals surface area contributed by atoms with Gasteiger partial charge in [-0.25, -0.2) is 9.78 Å². The van der Waals surface area contributed by atoms with E-state index in [1.54, 1.807) is 0 Å². The molecule has 0 aromatic carbocycles. The summed E-state index contributed by atoms with van der Waals surface area (Å²) in [6.07, 6.45) is 0.938. The molecule has 0 amide bonds. The Morgan fingerprint density at radius 2 is 2.37 bits per heavy atom. The number of esters is 1. The molecule has 0 spiro atoms. The number of hydrogen-bond donors (Lipinski definition) is 1. The summed E-state index contributed by atoms with van der Waals surface area (Å²) in [5, 5.41) is 0.861. The number of methoxy groups -OCH3 is 1. The van der Waals surface area contributed by atoms with E-state index in [1.807, 2.05) is 0 Å². The molecule has 0 atom stereocenters. The number of hydrogen-bond acceptors (Lipinski definition) is 6. The van der Waals surface area contributed by atoms with E-state index in [0.29, 0.717) is 10.6 Å². The number of aromatic nitrogens is 1. The van der Waals surface area contributed by atoms with Gasteiger partial charge in [0.1, 0.15) is 9.71 Å². The van der Waals surface area contributed by atoms with Gasteiger partial charge in [0, 0.05) is 30.6 Å². The summed E-state index contributed by atoms with van der Waals surface area (Å²) in [7, 11) is 3.45. The number of carbonyl (C=O) groups is 1. The van der Waals surface area contributed by atoms with Crippen LogP contribution in [0.1, 0.15) is 20.9 Å². The van der Waals surface area contributed by atoms with Crippen molar-refractivity contribution < 1.29 is 9.53 Å². The third-order valence-corrected chi connectivity index (χ3v) is 4.53. The number of fused-ring (bicyclic) bond motifs is 2. The second-order valence-electron chi connectivity index (χ2n) is 4.77. The predicted molar refractivity (Wildman–Crippen MR) is 75.4 cm³/mol. The van der Waals surface area contributed by atoms with Gasteiger partial charge < -0.3 is 15.4 Å². The lowest BCUT2D eigenvalue weighted by molar-refractivity contribution is 0.0607. The molecule has 100 valence electrons. The van der Waals surface area contributed by atoms with Crippen molar-refractivity contribution >= 4 is 33.2 Å². The van der Waals surface area contributed by atoms with Crippen LogP contribution >= 0.6 is 11.3 Å². The minimum absolute atomic E-state index is 0.393. The fraction of sp³-hybridized carbons (Fsp3) is 0.385. The number of anilines is 1. The topological polar surface area (TPSA) is 68.4 Å². The van der Waals surface area contributed by atoms with Crippen molar-refractivity contribution in [3.63, 3.8) is 0 Å². The molecule has 19 heavy (non-hydrogen) atoms. The lowest BCUT2D eigenvalue weighted by Crippen LogP contribution is -2.27. The first-order valence-corrected chi connectivity index (χ1v) is 6.89. The molecule has 2 N–H and O–H groups in total. The Labute approximate surface area is 115 Å². The summed E-state index contributed by atoms with van der Waals surface area (Å²) in [5.74, 6) is -0.393. The van der Waals surface area contributed by atoms with Crippen molar-refractivity contribution in [2.75, 3.05) is 26.4 Å². The molecule has 5 nitrogen and oxygen atoms in total. The Balaban J connectivity index is 2.17. The maximum Gasteiger partial charge on any atom is 0.350 e. The maximum atomic E-state index is 11.6. The van der Waals surface area contributed by atoms with Gasteiger partial charge >= 0.3 is 5.97 Å². The lowest BCUT2D eigenvalue weighted by Gasteiger charge is -2.23. The zero-order valence-electron chi connectivity index (χ0n) is 10.9. The Morgan fingerprint density at radius 1 is 1.58 bits per heavy atom. The number of rotatable bonds is 1. The average molecular weight is 277 g/mol. The van der Waals surface area contributed by atoms with Crippen LogP contribution in [0.25, 0.3) is 10.2 Å². The zero-order chi connectivity index (χ0) is 13.6. The van der Waals surface area contributed by atoms with Crippen LogP contribution in [-0.4, -0.2) is 36.6 Å². The third kappa shape index (κ3) is 1.97. The number of ether oxygens (including phenoxy) is 1. The van der Waals surface area contributed by atoms with E-state index in [4.69, 9.17) is 10.5 Å². The van der Waals surface area contributed by atoms with E-state index < -0.39 is 5.97 Å². The van der Waals surface area contributed by atoms with Crippen LogP contribution in [-0.2, 0) is 17.7 Å². The SMILES string of the molecule is COC(=O)c1sc2nc3c(cc2c1N)CN(C)CC3. The summed E-state index contributed by atoms with van der Waals surface area (Å²) in [5.41, 5.74) is 8.83. The minimum atomic E-state index is -0.393. The zero-order valence-corrected chi connectivity index (χ0v) is 11.7. The number of likely N-dealkylation sites (N-methyl/N-ethyl adjacent to an activating group) is 1. The normalized spacial score (nSPS) is 15.5. The highest BCUT2D eigenvalue weighted by Crippen LogP contribution is 2.35. The molecule has 0 radical (unpaired) electrons. The molecule has 0 saturated carbocycles. The van der Waals surface area contributed by atoms with E-state index >= 15 is 0 Å². The highest BCUT2D eigenvalue weighted by molar-refractivity contribution is 7.21. The maximum absolute atomic E-state index is 11.6. The molecule has 0 fully saturated rings. The van der Waals surface area contributed by atoms with Crippen molar-refractivity contribution in [1.82, 2.24) is 9.88 Å². The van der Waals surface area contributed by atoms with Gasteiger partial charge in [-0.15, -0.1) is 11.3 Å². The molecule has 0 aliphatic carbocycles. The molecule has 0 unspecified atom stereocenters. The monoisotopic (exact) mass is 277 g/mol. The van der Waals surface area contributed by atoms with Crippen molar-refractivity contribution in [2.45, 2.75) is 13.0 Å². The van der Waals surface area contributed by atoms with Gasteiger partial charge in [-0.1, -0.05) is 0 Å². The van der Waals surface area contributed by atoms with Gasteiger partial charge in [-0.2, -0.15) is 0 Å². The number of thiophene rings is 1. The van der Waals surface area contributed by atoms with Gasteiger partial charge in [0.05, 0.1) is 12.8 Å². The molecule has 2 aromatic heterocycles. The van der Waals surface area contributed by atoms with Gasteiger partial charge in [0.15, 0.2) is 0 Å². The molecule has 3 heterocycles. The molecular formula is C13H15N3O2S. The van der Waals surface area contributed by atoms with Crippen LogP contribution in [0, 0.1) is 0 Å². The van der Waals surface area contributed by atoms with Gasteiger partial charge in [-0.3, -0.25) is 0 Å². The van der Waals surface area contributed by atoms with E-state index in [9.17, 15) is 4.79 Å². The molecule has 3 rings (SSSR count). The lowest BCUT2D eigenvalue weighted by atomic mass is 10.0. The average Bonchev–Trinajstić information content (AvgIpc) is 2.72. The minimum Gasteiger partial charge on any atom is -0.465 e. The molecule has 6 heteroatoms. The smallest absolute Gasteiger partial charge is 0.350 e. The number of nitrogen functional groups attached to an aromatic ring is 1. The molecular weight excluding hydrogens is 262 g/mol. The standard InChI is InChI=1S/C13H15N3O2S/c1-16-4-3-9-7(6-16)5-8-10(14)11(13(17)18-2)19-12(8)15-9/h5H,3-4,6,14H2,1-2H3. The summed E-state index contributed by atoms with van der Waals surface area (Å²) in [4.78, 5) is 19.8. The number of nitrogens with two attached hydrogens (primary N) is 1. The van der Waals surface area contributed by atoms with Gasteiger partial charge in [-0.05, 0) is 18.7 Å². The summed E-state index contributed by atoms with van der Waals surface area (Å²) < 4.78 is 4.74.